The smallest absolute Gasteiger partial charge is 0.0512 e. The molecule has 2 aliphatic rings. The summed E-state index contributed by atoms with van der Waals surface area (Å²) >= 11 is 0. The van der Waals surface area contributed by atoms with Crippen LogP contribution in [0.1, 0.15) is 6.42 Å². The molecule has 0 aromatic heterocycles. The van der Waals surface area contributed by atoms with Crippen molar-refractivity contribution in [2.24, 2.45) is 0 Å². The van der Waals surface area contributed by atoms with E-state index in [1.54, 1.807) is 0 Å². The highest BCUT2D eigenvalue weighted by Crippen LogP contribution is 2.31. The van der Waals surface area contributed by atoms with Gasteiger partial charge in [0.25, 0.3) is 0 Å². The fourth-order valence-electron chi connectivity index (χ4n) is 1.16. The van der Waals surface area contributed by atoms with Crippen LogP contribution in [0.4, 0.5) is 0 Å². The molecule has 2 rings (SSSR count). The van der Waals surface area contributed by atoms with Gasteiger partial charge in [0.15, 0.2) is 0 Å². The lowest BCUT2D eigenvalue weighted by Crippen LogP contribution is -2.25. The minimum Gasteiger partial charge on any atom is -0.306 e. The van der Waals surface area contributed by atoms with Crippen molar-refractivity contribution in [3.05, 3.63) is 23.8 Å². The molecule has 0 aromatic carbocycles. The van der Waals surface area contributed by atoms with Gasteiger partial charge < -0.3 is 5.32 Å². The van der Waals surface area contributed by atoms with E-state index >= 15 is 0 Å². The van der Waals surface area contributed by atoms with E-state index in [2.05, 4.69) is 18.0 Å². The SMILES string of the molecule is C=C1CCNC2C=C12. The van der Waals surface area contributed by atoms with E-state index in [4.69, 9.17) is 0 Å². The Morgan fingerprint density at radius 3 is 3.25 bits per heavy atom. The Balaban J connectivity index is 2.17. The van der Waals surface area contributed by atoms with Crippen LogP contribution in [0.3, 0.4) is 0 Å². The van der Waals surface area contributed by atoms with Gasteiger partial charge in [-0.1, -0.05) is 12.7 Å². The van der Waals surface area contributed by atoms with E-state index in [9.17, 15) is 0 Å². The Hall–Kier alpha value is -0.560. The molecule has 1 atom stereocenters. The number of hydrogen-bond donors (Lipinski definition) is 1. The van der Waals surface area contributed by atoms with Gasteiger partial charge in [0.2, 0.25) is 0 Å². The van der Waals surface area contributed by atoms with Crippen molar-refractivity contribution in [1.82, 2.24) is 5.32 Å². The summed E-state index contributed by atoms with van der Waals surface area (Å²) < 4.78 is 0. The van der Waals surface area contributed by atoms with Crippen molar-refractivity contribution >= 4 is 0 Å². The Bertz CT molecular complexity index is 167. The number of fused-ring (bicyclic) bond motifs is 1. The molecule has 0 bridgehead atoms. The maximum absolute atomic E-state index is 3.93. The summed E-state index contributed by atoms with van der Waals surface area (Å²) in [6.45, 7) is 5.04. The van der Waals surface area contributed by atoms with E-state index in [0.717, 1.165) is 13.0 Å². The molecular formula is C7H9N. The monoisotopic (exact) mass is 107 g/mol. The second-order valence-electron chi connectivity index (χ2n) is 2.41. The maximum atomic E-state index is 3.93. The summed E-state index contributed by atoms with van der Waals surface area (Å²) in [6, 6.07) is 0.622. The molecule has 1 heteroatoms. The normalized spacial score (nSPS) is 33.8. The van der Waals surface area contributed by atoms with E-state index in [0.29, 0.717) is 6.04 Å². The first kappa shape index (κ1) is 4.33. The van der Waals surface area contributed by atoms with E-state index in [-0.39, 0.29) is 0 Å². The highest BCUT2D eigenvalue weighted by atomic mass is 14.9. The summed E-state index contributed by atoms with van der Waals surface area (Å²) in [5.41, 5.74) is 2.80. The standard InChI is InChI=1S/C7H9N/c1-5-2-3-8-7-4-6(5)7/h4,7-8H,1-3H2. The van der Waals surface area contributed by atoms with Crippen molar-refractivity contribution in [2.75, 3.05) is 6.54 Å². The predicted octanol–water partition coefficient (Wildman–Crippen LogP) is 0.845. The van der Waals surface area contributed by atoms with Crippen LogP contribution >= 0.6 is 0 Å². The van der Waals surface area contributed by atoms with Crippen LogP contribution in [0.15, 0.2) is 23.8 Å². The van der Waals surface area contributed by atoms with Gasteiger partial charge in [-0.3, -0.25) is 0 Å². The third-order valence-electron chi connectivity index (χ3n) is 1.77. The lowest BCUT2D eigenvalue weighted by Gasteiger charge is -2.11. The minimum atomic E-state index is 0.622. The van der Waals surface area contributed by atoms with Gasteiger partial charge in [-0.2, -0.15) is 0 Å². The number of hydrogen-bond acceptors (Lipinski definition) is 1. The molecule has 1 heterocycles. The van der Waals surface area contributed by atoms with Crippen molar-refractivity contribution in [1.29, 1.82) is 0 Å². The zero-order valence-electron chi connectivity index (χ0n) is 4.78. The third kappa shape index (κ3) is 0.450. The van der Waals surface area contributed by atoms with Crippen LogP contribution < -0.4 is 5.32 Å². The maximum Gasteiger partial charge on any atom is 0.0512 e. The molecule has 1 unspecified atom stereocenters. The molecule has 1 saturated heterocycles. The lowest BCUT2D eigenvalue weighted by atomic mass is 10.1. The largest absolute Gasteiger partial charge is 0.306 e. The van der Waals surface area contributed by atoms with Gasteiger partial charge >= 0.3 is 0 Å². The van der Waals surface area contributed by atoms with Gasteiger partial charge in [0.1, 0.15) is 0 Å². The number of piperidine rings is 1. The first-order valence-corrected chi connectivity index (χ1v) is 3.01. The molecule has 1 N–H and O–H groups in total. The topological polar surface area (TPSA) is 12.0 Å². The summed E-state index contributed by atoms with van der Waals surface area (Å²) in [5.74, 6) is 0. The van der Waals surface area contributed by atoms with E-state index in [1.807, 2.05) is 0 Å². The van der Waals surface area contributed by atoms with Crippen LogP contribution in [0.2, 0.25) is 0 Å². The average Bonchev–Trinajstić information content (AvgIpc) is 2.45. The molecule has 8 heavy (non-hydrogen) atoms. The predicted molar refractivity (Wildman–Crippen MR) is 33.6 cm³/mol. The highest BCUT2D eigenvalue weighted by molar-refractivity contribution is 5.51. The van der Waals surface area contributed by atoms with Crippen LogP contribution in [0, 0.1) is 0 Å². The molecular weight excluding hydrogens is 98.1 g/mol. The molecule has 1 aliphatic carbocycles. The van der Waals surface area contributed by atoms with Crippen molar-refractivity contribution in [2.45, 2.75) is 12.5 Å². The fourth-order valence-corrected chi connectivity index (χ4v) is 1.16. The second kappa shape index (κ2) is 1.23. The van der Waals surface area contributed by atoms with Crippen LogP contribution in [-0.2, 0) is 0 Å². The molecule has 1 nitrogen and oxygen atoms in total. The molecule has 0 radical (unpaired) electrons. The summed E-state index contributed by atoms with van der Waals surface area (Å²) in [4.78, 5) is 0. The molecule has 0 spiro atoms. The molecule has 1 fully saturated rings. The Labute approximate surface area is 49.1 Å². The quantitative estimate of drug-likeness (QED) is 0.483. The number of nitrogens with one attached hydrogen (secondary N) is 1. The molecule has 0 aromatic rings. The van der Waals surface area contributed by atoms with Crippen LogP contribution in [-0.4, -0.2) is 12.6 Å². The Morgan fingerprint density at radius 2 is 2.62 bits per heavy atom. The van der Waals surface area contributed by atoms with Gasteiger partial charge in [0, 0.05) is 6.54 Å². The molecule has 0 saturated carbocycles. The second-order valence-corrected chi connectivity index (χ2v) is 2.41. The highest BCUT2D eigenvalue weighted by Gasteiger charge is 2.28. The van der Waals surface area contributed by atoms with E-state index < -0.39 is 0 Å². The zero-order valence-corrected chi connectivity index (χ0v) is 4.78. The van der Waals surface area contributed by atoms with Crippen molar-refractivity contribution in [3.8, 4) is 0 Å². The van der Waals surface area contributed by atoms with Crippen LogP contribution in [0.25, 0.3) is 0 Å². The Kier molecular flexibility index (Phi) is 0.667. The van der Waals surface area contributed by atoms with Crippen molar-refractivity contribution in [3.63, 3.8) is 0 Å². The summed E-state index contributed by atoms with van der Waals surface area (Å²) in [5, 5.41) is 3.33. The summed E-state index contributed by atoms with van der Waals surface area (Å²) in [7, 11) is 0. The van der Waals surface area contributed by atoms with Crippen molar-refractivity contribution < 1.29 is 0 Å². The molecule has 0 amide bonds. The van der Waals surface area contributed by atoms with Gasteiger partial charge in [-0.05, 0) is 17.6 Å². The molecule has 42 valence electrons. The minimum absolute atomic E-state index is 0.622. The van der Waals surface area contributed by atoms with Crippen LogP contribution in [0.5, 0.6) is 0 Å². The third-order valence-corrected chi connectivity index (χ3v) is 1.77. The first-order chi connectivity index (χ1) is 3.88. The average molecular weight is 107 g/mol. The summed E-state index contributed by atoms with van der Waals surface area (Å²) in [6.07, 6.45) is 3.37. The molecule has 1 aliphatic heterocycles. The fraction of sp³-hybridized carbons (Fsp3) is 0.429. The van der Waals surface area contributed by atoms with E-state index in [1.165, 1.54) is 11.1 Å². The first-order valence-electron chi connectivity index (χ1n) is 3.01. The lowest BCUT2D eigenvalue weighted by molar-refractivity contribution is 0.667. The van der Waals surface area contributed by atoms with Gasteiger partial charge in [0.05, 0.1) is 6.04 Å². The van der Waals surface area contributed by atoms with Gasteiger partial charge in [-0.15, -0.1) is 0 Å². The zero-order chi connectivity index (χ0) is 5.56. The van der Waals surface area contributed by atoms with Gasteiger partial charge in [-0.25, -0.2) is 0 Å². The Morgan fingerprint density at radius 1 is 1.75 bits per heavy atom. The number of rotatable bonds is 0.